The van der Waals surface area contributed by atoms with Crippen LogP contribution in [-0.4, -0.2) is 46.4 Å². The number of amides is 1. The summed E-state index contributed by atoms with van der Waals surface area (Å²) in [5, 5.41) is 2.66. The number of anilines is 2. The number of piperazine rings is 1. The van der Waals surface area contributed by atoms with E-state index in [0.717, 1.165) is 44.1 Å². The summed E-state index contributed by atoms with van der Waals surface area (Å²) in [6.45, 7) is 4.61. The molecule has 0 aliphatic carbocycles. The zero-order valence-corrected chi connectivity index (χ0v) is 17.6. The normalized spacial score (nSPS) is 14.6. The number of aromatic nitrogens is 2. The zero-order valence-electron chi connectivity index (χ0n) is 17.6. The highest BCUT2D eigenvalue weighted by molar-refractivity contribution is 6.04. The van der Waals surface area contributed by atoms with Crippen LogP contribution < -0.4 is 10.2 Å². The molecule has 0 unspecified atom stereocenters. The van der Waals surface area contributed by atoms with E-state index in [-0.39, 0.29) is 11.6 Å². The smallest absolute Gasteiger partial charge is 0.257 e. The van der Waals surface area contributed by atoms with Gasteiger partial charge in [-0.15, -0.1) is 0 Å². The molecule has 0 bridgehead atoms. The van der Waals surface area contributed by atoms with Gasteiger partial charge in [-0.3, -0.25) is 14.7 Å². The molecule has 6 nitrogen and oxygen atoms in total. The summed E-state index contributed by atoms with van der Waals surface area (Å²) < 4.78 is 15.9. The predicted octanol–water partition coefficient (Wildman–Crippen LogP) is 4.05. The van der Waals surface area contributed by atoms with Gasteiger partial charge in [0.05, 0.1) is 11.3 Å². The molecule has 4 heterocycles. The molecule has 1 saturated heterocycles. The lowest BCUT2D eigenvalue weighted by Crippen LogP contribution is -2.46. The molecule has 0 spiro atoms. The summed E-state index contributed by atoms with van der Waals surface area (Å²) in [6, 6.07) is 18.1. The second-order valence-electron chi connectivity index (χ2n) is 7.96. The number of pyridine rings is 2. The lowest BCUT2D eigenvalue weighted by molar-refractivity contribution is 0.102. The first-order valence-corrected chi connectivity index (χ1v) is 10.7. The topological polar surface area (TPSA) is 52.9 Å². The minimum atomic E-state index is -0.451. The second kappa shape index (κ2) is 8.80. The van der Waals surface area contributed by atoms with Crippen LogP contribution in [0.2, 0.25) is 0 Å². The molecule has 162 valence electrons. The molecule has 7 heteroatoms. The van der Waals surface area contributed by atoms with Gasteiger partial charge in [0.15, 0.2) is 0 Å². The fourth-order valence-corrected chi connectivity index (χ4v) is 4.12. The molecular formula is C25H24FN5O. The Morgan fingerprint density at radius 3 is 2.56 bits per heavy atom. The van der Waals surface area contributed by atoms with Crippen LogP contribution in [0.3, 0.4) is 0 Å². The fourth-order valence-electron chi connectivity index (χ4n) is 4.12. The van der Waals surface area contributed by atoms with Gasteiger partial charge in [0.25, 0.3) is 5.91 Å². The van der Waals surface area contributed by atoms with Crippen LogP contribution >= 0.6 is 0 Å². The maximum absolute atomic E-state index is 13.9. The van der Waals surface area contributed by atoms with Gasteiger partial charge in [-0.2, -0.15) is 0 Å². The first kappa shape index (κ1) is 20.2. The number of carbonyl (C=O) groups is 1. The van der Waals surface area contributed by atoms with Crippen molar-refractivity contribution in [1.29, 1.82) is 0 Å². The van der Waals surface area contributed by atoms with Crippen molar-refractivity contribution >= 4 is 22.9 Å². The minimum absolute atomic E-state index is 0.176. The van der Waals surface area contributed by atoms with Crippen LogP contribution in [0, 0.1) is 5.82 Å². The number of nitrogens with zero attached hydrogens (tertiary/aromatic N) is 4. The van der Waals surface area contributed by atoms with Crippen LogP contribution in [-0.2, 0) is 6.54 Å². The molecule has 1 aromatic carbocycles. The molecule has 1 aliphatic heterocycles. The molecule has 3 aromatic heterocycles. The molecule has 32 heavy (non-hydrogen) atoms. The molecule has 1 amide bonds. The summed E-state index contributed by atoms with van der Waals surface area (Å²) in [7, 11) is 0. The Kier molecular flexibility index (Phi) is 5.56. The van der Waals surface area contributed by atoms with E-state index in [2.05, 4.69) is 38.3 Å². The van der Waals surface area contributed by atoms with Gasteiger partial charge >= 0.3 is 0 Å². The summed E-state index contributed by atoms with van der Waals surface area (Å²) in [5.41, 5.74) is 2.89. The van der Waals surface area contributed by atoms with Gasteiger partial charge in [0.2, 0.25) is 0 Å². The lowest BCUT2D eigenvalue weighted by Gasteiger charge is -2.35. The van der Waals surface area contributed by atoms with E-state index in [4.69, 9.17) is 0 Å². The average Bonchev–Trinajstić information content (AvgIpc) is 3.25. The molecule has 5 rings (SSSR count). The van der Waals surface area contributed by atoms with Crippen LogP contribution in [0.4, 0.5) is 15.9 Å². The number of benzene rings is 1. The monoisotopic (exact) mass is 429 g/mol. The van der Waals surface area contributed by atoms with Gasteiger partial charge in [-0.1, -0.05) is 18.2 Å². The van der Waals surface area contributed by atoms with E-state index in [9.17, 15) is 9.18 Å². The highest BCUT2D eigenvalue weighted by Gasteiger charge is 2.20. The van der Waals surface area contributed by atoms with Crippen LogP contribution in [0.15, 0.2) is 79.3 Å². The quantitative estimate of drug-likeness (QED) is 0.520. The summed E-state index contributed by atoms with van der Waals surface area (Å²) >= 11 is 0. The fraction of sp³-hybridized carbons (Fsp3) is 0.200. The first-order valence-electron chi connectivity index (χ1n) is 10.7. The third-order valence-electron chi connectivity index (χ3n) is 5.84. The number of nitrogens with one attached hydrogen (secondary N) is 1. The third kappa shape index (κ3) is 4.20. The zero-order chi connectivity index (χ0) is 21.9. The third-order valence-corrected chi connectivity index (χ3v) is 5.84. The predicted molar refractivity (Wildman–Crippen MR) is 123 cm³/mol. The van der Waals surface area contributed by atoms with Crippen LogP contribution in [0.5, 0.6) is 0 Å². The molecule has 4 aromatic rings. The molecule has 0 saturated carbocycles. The number of para-hydroxylation sites is 1. The van der Waals surface area contributed by atoms with Gasteiger partial charge in [0.1, 0.15) is 11.6 Å². The van der Waals surface area contributed by atoms with Crippen molar-refractivity contribution < 1.29 is 9.18 Å². The highest BCUT2D eigenvalue weighted by Crippen LogP contribution is 2.23. The molecule has 1 fully saturated rings. The first-order chi connectivity index (χ1) is 15.7. The maximum Gasteiger partial charge on any atom is 0.257 e. The van der Waals surface area contributed by atoms with Crippen molar-refractivity contribution in [1.82, 2.24) is 14.3 Å². The summed E-state index contributed by atoms with van der Waals surface area (Å²) in [5.74, 6) is 0.271. The van der Waals surface area contributed by atoms with E-state index in [0.29, 0.717) is 5.56 Å². The van der Waals surface area contributed by atoms with Crippen molar-refractivity contribution in [3.63, 3.8) is 0 Å². The Hall–Kier alpha value is -3.71. The van der Waals surface area contributed by atoms with Crippen LogP contribution in [0.1, 0.15) is 15.9 Å². The molecule has 1 aliphatic rings. The van der Waals surface area contributed by atoms with Gasteiger partial charge in [-0.05, 0) is 48.0 Å². The second-order valence-corrected chi connectivity index (χ2v) is 7.96. The minimum Gasteiger partial charge on any atom is -0.355 e. The number of rotatable bonds is 5. The van der Waals surface area contributed by atoms with E-state index in [1.54, 1.807) is 30.5 Å². The maximum atomic E-state index is 13.9. The number of hydrogen-bond donors (Lipinski definition) is 1. The molecule has 0 atom stereocenters. The van der Waals surface area contributed by atoms with Crippen molar-refractivity contribution in [3.8, 4) is 0 Å². The number of fused-ring (bicyclic) bond motifs is 1. The van der Waals surface area contributed by atoms with Crippen LogP contribution in [0.25, 0.3) is 5.52 Å². The Bertz CT molecular complexity index is 1230. The van der Waals surface area contributed by atoms with Gasteiger partial charge < -0.3 is 14.6 Å². The van der Waals surface area contributed by atoms with E-state index >= 15 is 0 Å². The molecule has 1 N–H and O–H groups in total. The largest absolute Gasteiger partial charge is 0.355 e. The summed E-state index contributed by atoms with van der Waals surface area (Å²) in [4.78, 5) is 21.7. The number of halogens is 1. The van der Waals surface area contributed by atoms with Gasteiger partial charge in [-0.25, -0.2) is 4.39 Å². The number of hydrogen-bond acceptors (Lipinski definition) is 4. The van der Waals surface area contributed by atoms with Gasteiger partial charge in [0, 0.05) is 56.8 Å². The lowest BCUT2D eigenvalue weighted by atomic mass is 10.2. The Balaban J connectivity index is 1.30. The molecular weight excluding hydrogens is 405 g/mol. The number of carbonyl (C=O) groups excluding carboxylic acids is 1. The van der Waals surface area contributed by atoms with Crippen molar-refractivity contribution in [2.24, 2.45) is 0 Å². The SMILES string of the molecule is O=C(Nc1ccccc1F)c1ccc2ccc(N3CCN(Cc4cccnc4)CC3)n2c1. The summed E-state index contributed by atoms with van der Waals surface area (Å²) in [6.07, 6.45) is 5.54. The molecule has 0 radical (unpaired) electrons. The highest BCUT2D eigenvalue weighted by atomic mass is 19.1. The van der Waals surface area contributed by atoms with Crippen molar-refractivity contribution in [2.75, 3.05) is 36.4 Å². The van der Waals surface area contributed by atoms with Crippen molar-refractivity contribution in [3.05, 3.63) is 96.2 Å². The van der Waals surface area contributed by atoms with Crippen molar-refractivity contribution in [2.45, 2.75) is 6.54 Å². The van der Waals surface area contributed by atoms with E-state index < -0.39 is 5.82 Å². The van der Waals surface area contributed by atoms with E-state index in [1.165, 1.54) is 11.6 Å². The standard InChI is InChI=1S/C25H24FN5O/c26-22-5-1-2-6-23(22)28-25(32)20-7-8-21-9-10-24(31(21)18-20)30-14-12-29(13-15-30)17-19-4-3-11-27-16-19/h1-11,16,18H,12-15,17H2,(H,28,32). The Labute approximate surface area is 185 Å². The van der Waals surface area contributed by atoms with E-state index in [1.807, 2.05) is 28.9 Å². The Morgan fingerprint density at radius 2 is 1.78 bits per heavy atom. The Morgan fingerprint density at radius 1 is 0.969 bits per heavy atom. The average molecular weight is 429 g/mol.